The highest BCUT2D eigenvalue weighted by Gasteiger charge is 2.13. The smallest absolute Gasteiger partial charge is 0.151 e. The van der Waals surface area contributed by atoms with E-state index >= 15 is 0 Å². The van der Waals surface area contributed by atoms with Gasteiger partial charge >= 0.3 is 0 Å². The van der Waals surface area contributed by atoms with Crippen molar-refractivity contribution in [1.29, 1.82) is 0 Å². The van der Waals surface area contributed by atoms with Crippen molar-refractivity contribution in [3.8, 4) is 0 Å². The first-order valence-electron chi connectivity index (χ1n) is 4.00. The van der Waals surface area contributed by atoms with E-state index in [4.69, 9.17) is 4.52 Å². The molecule has 0 atom stereocenters. The molecule has 0 bridgehead atoms. The summed E-state index contributed by atoms with van der Waals surface area (Å²) in [5, 5.41) is 5.31. The minimum atomic E-state index is 0.932. The Morgan fingerprint density at radius 3 is 3.00 bits per heavy atom. The Labute approximate surface area is 82.8 Å². The zero-order valence-electron chi connectivity index (χ0n) is 7.25. The van der Waals surface area contributed by atoms with E-state index in [-0.39, 0.29) is 0 Å². The lowest BCUT2D eigenvalue weighted by Crippen LogP contribution is -1.57. The largest absolute Gasteiger partial charge is 0.360 e. The highest BCUT2D eigenvalue weighted by atomic mass is 32.2. The van der Waals surface area contributed by atoms with Crippen LogP contribution in [-0.2, 0) is 0 Å². The molecule has 0 unspecified atom stereocenters. The number of nitrogens with zero attached hydrogens (tertiary/aromatic N) is 1. The van der Waals surface area contributed by atoms with Crippen LogP contribution in [0, 0.1) is 13.8 Å². The summed E-state index contributed by atoms with van der Waals surface area (Å²) >= 11 is 3.61. The highest BCUT2D eigenvalue weighted by molar-refractivity contribution is 7.41. The summed E-state index contributed by atoms with van der Waals surface area (Å²) in [6.45, 7) is 4.08. The Bertz CT molecular complexity index is 587. The van der Waals surface area contributed by atoms with Crippen molar-refractivity contribution in [3.63, 3.8) is 0 Å². The zero-order valence-corrected chi connectivity index (χ0v) is 8.88. The predicted octanol–water partition coefficient (Wildman–Crippen LogP) is 3.72. The fourth-order valence-corrected chi connectivity index (χ4v) is 3.90. The molecule has 0 saturated carbocycles. The standard InChI is InChI=1S/C9H7NOS2/c1-4-3-6-7-8(5(2)11-10-7)13-9(6)12-4/h3H,1-2H3. The molecule has 0 aliphatic carbocycles. The number of thiophene rings is 2. The average Bonchev–Trinajstić information content (AvgIpc) is 2.65. The van der Waals surface area contributed by atoms with Crippen LogP contribution in [0.4, 0.5) is 0 Å². The molecule has 3 rings (SSSR count). The molecular formula is C9H7NOS2. The molecule has 0 amide bonds. The van der Waals surface area contributed by atoms with Crippen LogP contribution in [0.5, 0.6) is 0 Å². The van der Waals surface area contributed by atoms with Crippen LogP contribution in [-0.4, -0.2) is 5.16 Å². The summed E-state index contributed by atoms with van der Waals surface area (Å²) in [7, 11) is 0. The topological polar surface area (TPSA) is 26.0 Å². The second-order valence-electron chi connectivity index (χ2n) is 3.08. The van der Waals surface area contributed by atoms with Crippen molar-refractivity contribution in [2.24, 2.45) is 0 Å². The maximum atomic E-state index is 5.14. The molecule has 3 aromatic rings. The van der Waals surface area contributed by atoms with E-state index in [0.29, 0.717) is 0 Å². The molecule has 0 spiro atoms. The van der Waals surface area contributed by atoms with Crippen molar-refractivity contribution in [2.75, 3.05) is 0 Å². The molecule has 4 heteroatoms. The maximum absolute atomic E-state index is 5.14. The van der Waals surface area contributed by atoms with Crippen LogP contribution in [0.25, 0.3) is 19.6 Å². The van der Waals surface area contributed by atoms with Gasteiger partial charge in [-0.3, -0.25) is 0 Å². The van der Waals surface area contributed by atoms with Gasteiger partial charge in [0, 0.05) is 10.3 Å². The van der Waals surface area contributed by atoms with Crippen molar-refractivity contribution in [2.45, 2.75) is 13.8 Å². The molecule has 0 N–H and O–H groups in total. The van der Waals surface area contributed by atoms with E-state index < -0.39 is 0 Å². The molecule has 3 aromatic heterocycles. The summed E-state index contributed by atoms with van der Waals surface area (Å²) in [5.74, 6) is 0.932. The summed E-state index contributed by atoms with van der Waals surface area (Å²) in [4.78, 5) is 1.34. The van der Waals surface area contributed by atoms with Crippen molar-refractivity contribution >= 4 is 42.3 Å². The van der Waals surface area contributed by atoms with Crippen molar-refractivity contribution < 1.29 is 4.52 Å². The van der Waals surface area contributed by atoms with Crippen LogP contribution in [0.1, 0.15) is 10.6 Å². The third kappa shape index (κ3) is 0.899. The molecule has 0 radical (unpaired) electrons. The lowest BCUT2D eigenvalue weighted by atomic mass is 10.3. The van der Waals surface area contributed by atoms with Crippen LogP contribution in [0.2, 0.25) is 0 Å². The first-order valence-corrected chi connectivity index (χ1v) is 5.64. The Hall–Kier alpha value is -0.870. The summed E-state index contributed by atoms with van der Waals surface area (Å²) in [6, 6.07) is 2.18. The van der Waals surface area contributed by atoms with E-state index in [2.05, 4.69) is 18.1 Å². The molecule has 3 heterocycles. The number of hydrogen-bond donors (Lipinski definition) is 0. The second kappa shape index (κ2) is 2.33. The van der Waals surface area contributed by atoms with Crippen LogP contribution in [0.15, 0.2) is 10.6 Å². The second-order valence-corrected chi connectivity index (χ2v) is 5.61. The van der Waals surface area contributed by atoms with Gasteiger partial charge in [-0.15, -0.1) is 22.7 Å². The van der Waals surface area contributed by atoms with Gasteiger partial charge in [-0.2, -0.15) is 0 Å². The first kappa shape index (κ1) is 7.53. The fraction of sp³-hybridized carbons (Fsp3) is 0.222. The number of aromatic nitrogens is 1. The van der Waals surface area contributed by atoms with E-state index in [9.17, 15) is 0 Å². The molecule has 0 aliphatic rings. The van der Waals surface area contributed by atoms with Crippen LogP contribution >= 0.6 is 22.7 Å². The number of fused-ring (bicyclic) bond motifs is 3. The summed E-state index contributed by atoms with van der Waals surface area (Å²) < 4.78 is 7.69. The lowest BCUT2D eigenvalue weighted by Gasteiger charge is -1.75. The SMILES string of the molecule is Cc1cc2c(s1)sc1c(C)onc12. The number of hydrogen-bond acceptors (Lipinski definition) is 4. The van der Waals surface area contributed by atoms with E-state index in [1.54, 1.807) is 11.3 Å². The maximum Gasteiger partial charge on any atom is 0.151 e. The molecule has 2 nitrogen and oxygen atoms in total. The Morgan fingerprint density at radius 2 is 2.15 bits per heavy atom. The normalized spacial score (nSPS) is 11.8. The fourth-order valence-electron chi connectivity index (χ4n) is 1.48. The van der Waals surface area contributed by atoms with Gasteiger partial charge in [0.1, 0.15) is 5.52 Å². The first-order chi connectivity index (χ1) is 6.25. The highest BCUT2D eigenvalue weighted by Crippen LogP contribution is 2.39. The van der Waals surface area contributed by atoms with Crippen LogP contribution < -0.4 is 0 Å². The van der Waals surface area contributed by atoms with E-state index in [0.717, 1.165) is 11.3 Å². The minimum Gasteiger partial charge on any atom is -0.360 e. The van der Waals surface area contributed by atoms with Gasteiger partial charge in [-0.05, 0) is 19.9 Å². The molecule has 0 aromatic carbocycles. The van der Waals surface area contributed by atoms with Gasteiger partial charge in [0.15, 0.2) is 5.76 Å². The number of rotatable bonds is 0. The average molecular weight is 209 g/mol. The molecule has 0 saturated heterocycles. The Morgan fingerprint density at radius 1 is 1.31 bits per heavy atom. The quantitative estimate of drug-likeness (QED) is 0.564. The molecular weight excluding hydrogens is 202 g/mol. The Balaban J connectivity index is 2.59. The monoisotopic (exact) mass is 209 g/mol. The Kier molecular flexibility index (Phi) is 1.35. The van der Waals surface area contributed by atoms with Gasteiger partial charge in [-0.1, -0.05) is 5.16 Å². The van der Waals surface area contributed by atoms with Gasteiger partial charge in [-0.25, -0.2) is 0 Å². The lowest BCUT2D eigenvalue weighted by molar-refractivity contribution is 0.406. The molecule has 0 fully saturated rings. The molecule has 13 heavy (non-hydrogen) atoms. The third-order valence-electron chi connectivity index (χ3n) is 2.08. The molecule has 0 aliphatic heterocycles. The van der Waals surface area contributed by atoms with Crippen LogP contribution in [0.3, 0.4) is 0 Å². The van der Waals surface area contributed by atoms with Gasteiger partial charge in [0.25, 0.3) is 0 Å². The van der Waals surface area contributed by atoms with Gasteiger partial charge in [0.2, 0.25) is 0 Å². The van der Waals surface area contributed by atoms with Gasteiger partial charge in [0.05, 0.1) is 8.71 Å². The van der Waals surface area contributed by atoms with Gasteiger partial charge < -0.3 is 4.52 Å². The predicted molar refractivity (Wildman–Crippen MR) is 56.7 cm³/mol. The van der Waals surface area contributed by atoms with E-state index in [1.165, 1.54) is 19.0 Å². The third-order valence-corrected chi connectivity index (χ3v) is 4.52. The van der Waals surface area contributed by atoms with Crippen molar-refractivity contribution in [1.82, 2.24) is 5.16 Å². The van der Waals surface area contributed by atoms with Crippen molar-refractivity contribution in [3.05, 3.63) is 16.7 Å². The molecule has 66 valence electrons. The number of aryl methyl sites for hydroxylation is 2. The summed E-state index contributed by atoms with van der Waals surface area (Å²) in [5.41, 5.74) is 1.03. The summed E-state index contributed by atoms with van der Waals surface area (Å²) in [6.07, 6.45) is 0. The van der Waals surface area contributed by atoms with E-state index in [1.807, 2.05) is 18.3 Å². The zero-order chi connectivity index (χ0) is 9.00. The minimum absolute atomic E-state index is 0.932.